The van der Waals surface area contributed by atoms with Crippen LogP contribution in [0.15, 0.2) is 30.3 Å². The van der Waals surface area contributed by atoms with Crippen molar-refractivity contribution in [2.45, 2.75) is 44.8 Å². The van der Waals surface area contributed by atoms with Gasteiger partial charge >= 0.3 is 0 Å². The van der Waals surface area contributed by atoms with Gasteiger partial charge in [-0.3, -0.25) is 0 Å². The lowest BCUT2D eigenvalue weighted by molar-refractivity contribution is -0.111. The SMILES string of the molecule is O=CC[C@H]1CCCC[C@@H]1OCc1ccccc1. The maximum absolute atomic E-state index is 10.6. The largest absolute Gasteiger partial charge is 0.373 e. The topological polar surface area (TPSA) is 26.3 Å². The molecule has 1 aromatic rings. The van der Waals surface area contributed by atoms with E-state index >= 15 is 0 Å². The zero-order valence-electron chi connectivity index (χ0n) is 10.2. The first-order valence-corrected chi connectivity index (χ1v) is 6.49. The van der Waals surface area contributed by atoms with E-state index in [1.165, 1.54) is 18.4 Å². The van der Waals surface area contributed by atoms with Gasteiger partial charge in [0.15, 0.2) is 0 Å². The summed E-state index contributed by atoms with van der Waals surface area (Å²) in [4.78, 5) is 10.6. The molecule has 17 heavy (non-hydrogen) atoms. The van der Waals surface area contributed by atoms with Crippen molar-refractivity contribution in [1.29, 1.82) is 0 Å². The Labute approximate surface area is 103 Å². The summed E-state index contributed by atoms with van der Waals surface area (Å²) >= 11 is 0. The predicted octanol–water partition coefficient (Wildman–Crippen LogP) is 3.35. The Bertz CT molecular complexity index is 334. The van der Waals surface area contributed by atoms with Crippen LogP contribution in [0.3, 0.4) is 0 Å². The van der Waals surface area contributed by atoms with Crippen molar-refractivity contribution in [3.8, 4) is 0 Å². The van der Waals surface area contributed by atoms with Crippen LogP contribution in [-0.4, -0.2) is 12.4 Å². The van der Waals surface area contributed by atoms with Crippen molar-refractivity contribution in [3.63, 3.8) is 0 Å². The lowest BCUT2D eigenvalue weighted by Crippen LogP contribution is -2.27. The van der Waals surface area contributed by atoms with Gasteiger partial charge in [0, 0.05) is 6.42 Å². The van der Waals surface area contributed by atoms with Crippen molar-refractivity contribution >= 4 is 6.29 Å². The molecule has 0 radical (unpaired) electrons. The molecule has 2 nitrogen and oxygen atoms in total. The summed E-state index contributed by atoms with van der Waals surface area (Å²) < 4.78 is 5.98. The number of ether oxygens (including phenoxy) is 1. The molecular weight excluding hydrogens is 212 g/mol. The number of aldehydes is 1. The van der Waals surface area contributed by atoms with Gasteiger partial charge in [0.1, 0.15) is 6.29 Å². The van der Waals surface area contributed by atoms with E-state index in [0.29, 0.717) is 18.9 Å². The second kappa shape index (κ2) is 6.55. The molecule has 0 aliphatic heterocycles. The van der Waals surface area contributed by atoms with Gasteiger partial charge in [-0.05, 0) is 24.3 Å². The Hall–Kier alpha value is -1.15. The van der Waals surface area contributed by atoms with Gasteiger partial charge in [0.05, 0.1) is 12.7 Å². The molecule has 0 amide bonds. The molecule has 2 atom stereocenters. The Morgan fingerprint density at radius 1 is 1.18 bits per heavy atom. The van der Waals surface area contributed by atoms with Crippen LogP contribution in [0.1, 0.15) is 37.7 Å². The zero-order valence-corrected chi connectivity index (χ0v) is 10.2. The summed E-state index contributed by atoms with van der Waals surface area (Å²) in [6.07, 6.45) is 6.67. The van der Waals surface area contributed by atoms with E-state index in [-0.39, 0.29) is 6.10 Å². The summed E-state index contributed by atoms with van der Waals surface area (Å²) in [5.74, 6) is 0.435. The number of hydrogen-bond acceptors (Lipinski definition) is 2. The average molecular weight is 232 g/mol. The molecule has 0 unspecified atom stereocenters. The monoisotopic (exact) mass is 232 g/mol. The molecule has 1 aromatic carbocycles. The molecule has 1 saturated carbocycles. The van der Waals surface area contributed by atoms with Crippen LogP contribution in [0.25, 0.3) is 0 Å². The van der Waals surface area contributed by atoms with Crippen LogP contribution in [0.5, 0.6) is 0 Å². The highest BCUT2D eigenvalue weighted by Crippen LogP contribution is 2.29. The molecule has 2 heteroatoms. The van der Waals surface area contributed by atoms with E-state index < -0.39 is 0 Å². The summed E-state index contributed by atoms with van der Waals surface area (Å²) in [6.45, 7) is 0.668. The van der Waals surface area contributed by atoms with Crippen molar-refractivity contribution in [3.05, 3.63) is 35.9 Å². The Balaban J connectivity index is 1.86. The average Bonchev–Trinajstić information content (AvgIpc) is 2.39. The van der Waals surface area contributed by atoms with Crippen LogP contribution < -0.4 is 0 Å². The maximum atomic E-state index is 10.6. The summed E-state index contributed by atoms with van der Waals surface area (Å²) in [5, 5.41) is 0. The minimum atomic E-state index is 0.272. The van der Waals surface area contributed by atoms with Crippen molar-refractivity contribution in [2.24, 2.45) is 5.92 Å². The first-order chi connectivity index (χ1) is 8.40. The second-order valence-corrected chi connectivity index (χ2v) is 4.78. The maximum Gasteiger partial charge on any atom is 0.120 e. The van der Waals surface area contributed by atoms with E-state index in [2.05, 4.69) is 12.1 Å². The van der Waals surface area contributed by atoms with Gasteiger partial charge in [0.25, 0.3) is 0 Å². The number of rotatable bonds is 5. The van der Waals surface area contributed by atoms with Crippen LogP contribution in [0.2, 0.25) is 0 Å². The van der Waals surface area contributed by atoms with Gasteiger partial charge in [-0.15, -0.1) is 0 Å². The molecule has 1 aliphatic carbocycles. The Morgan fingerprint density at radius 3 is 2.71 bits per heavy atom. The minimum Gasteiger partial charge on any atom is -0.373 e. The first kappa shape index (κ1) is 12.3. The highest BCUT2D eigenvalue weighted by atomic mass is 16.5. The molecule has 92 valence electrons. The zero-order chi connectivity index (χ0) is 11.9. The molecule has 0 N–H and O–H groups in total. The fraction of sp³-hybridized carbons (Fsp3) is 0.533. The number of carbonyl (C=O) groups is 1. The molecule has 0 heterocycles. The highest BCUT2D eigenvalue weighted by Gasteiger charge is 2.25. The number of carbonyl (C=O) groups excluding carboxylic acids is 1. The van der Waals surface area contributed by atoms with E-state index in [0.717, 1.165) is 19.1 Å². The van der Waals surface area contributed by atoms with Crippen LogP contribution in [-0.2, 0) is 16.1 Å². The quantitative estimate of drug-likeness (QED) is 0.728. The molecule has 0 saturated heterocycles. The molecule has 0 aromatic heterocycles. The molecule has 1 fully saturated rings. The number of benzene rings is 1. The minimum absolute atomic E-state index is 0.272. The smallest absolute Gasteiger partial charge is 0.120 e. The molecular formula is C15H20O2. The summed E-state index contributed by atoms with van der Waals surface area (Å²) in [5.41, 5.74) is 1.21. The van der Waals surface area contributed by atoms with E-state index in [4.69, 9.17) is 4.74 Å². The molecule has 0 bridgehead atoms. The van der Waals surface area contributed by atoms with Gasteiger partial charge in [0.2, 0.25) is 0 Å². The van der Waals surface area contributed by atoms with Crippen LogP contribution >= 0.6 is 0 Å². The van der Waals surface area contributed by atoms with Crippen molar-refractivity contribution < 1.29 is 9.53 Å². The summed E-state index contributed by atoms with van der Waals surface area (Å²) in [7, 11) is 0. The molecule has 2 rings (SSSR count). The van der Waals surface area contributed by atoms with E-state index in [1.54, 1.807) is 0 Å². The first-order valence-electron chi connectivity index (χ1n) is 6.49. The van der Waals surface area contributed by atoms with E-state index in [1.807, 2.05) is 18.2 Å². The van der Waals surface area contributed by atoms with Gasteiger partial charge in [-0.2, -0.15) is 0 Å². The third-order valence-electron chi connectivity index (χ3n) is 3.55. The second-order valence-electron chi connectivity index (χ2n) is 4.78. The van der Waals surface area contributed by atoms with E-state index in [9.17, 15) is 4.79 Å². The van der Waals surface area contributed by atoms with Gasteiger partial charge in [-0.1, -0.05) is 43.2 Å². The molecule has 0 spiro atoms. The fourth-order valence-electron chi connectivity index (χ4n) is 2.56. The number of hydrogen-bond donors (Lipinski definition) is 0. The molecule has 1 aliphatic rings. The van der Waals surface area contributed by atoms with Crippen molar-refractivity contribution in [2.75, 3.05) is 0 Å². The Kier molecular flexibility index (Phi) is 4.75. The van der Waals surface area contributed by atoms with Crippen LogP contribution in [0, 0.1) is 5.92 Å². The van der Waals surface area contributed by atoms with Crippen LogP contribution in [0.4, 0.5) is 0 Å². The normalized spacial score (nSPS) is 24.5. The lowest BCUT2D eigenvalue weighted by Gasteiger charge is -2.30. The third kappa shape index (κ3) is 3.67. The third-order valence-corrected chi connectivity index (χ3v) is 3.55. The standard InChI is InChI=1S/C15H20O2/c16-11-10-14-8-4-5-9-15(14)17-12-13-6-2-1-3-7-13/h1-3,6-7,11,14-15H,4-5,8-10,12H2/t14-,15+/m1/s1. The summed E-state index contributed by atoms with van der Waals surface area (Å²) in [6, 6.07) is 10.2. The van der Waals surface area contributed by atoms with Gasteiger partial charge in [-0.25, -0.2) is 0 Å². The van der Waals surface area contributed by atoms with Crippen molar-refractivity contribution in [1.82, 2.24) is 0 Å². The predicted molar refractivity (Wildman–Crippen MR) is 67.7 cm³/mol. The highest BCUT2D eigenvalue weighted by molar-refractivity contribution is 5.49. The fourth-order valence-corrected chi connectivity index (χ4v) is 2.56. The Morgan fingerprint density at radius 2 is 1.94 bits per heavy atom. The van der Waals surface area contributed by atoms with Gasteiger partial charge < -0.3 is 9.53 Å². The lowest BCUT2D eigenvalue weighted by atomic mass is 9.84.